The van der Waals surface area contributed by atoms with Gasteiger partial charge in [-0.1, -0.05) is 35.9 Å². The molecule has 0 saturated heterocycles. The summed E-state index contributed by atoms with van der Waals surface area (Å²) < 4.78 is 34.6. The fourth-order valence-electron chi connectivity index (χ4n) is 3.76. The first-order valence-corrected chi connectivity index (χ1v) is 13.4. The summed E-state index contributed by atoms with van der Waals surface area (Å²) in [6.45, 7) is 1.43. The van der Waals surface area contributed by atoms with E-state index in [0.717, 1.165) is 14.8 Å². The van der Waals surface area contributed by atoms with E-state index in [1.54, 1.807) is 60.7 Å². The van der Waals surface area contributed by atoms with Gasteiger partial charge in [-0.15, -0.1) is 11.8 Å². The van der Waals surface area contributed by atoms with E-state index < -0.39 is 28.4 Å². The highest BCUT2D eigenvalue weighted by Gasteiger charge is 2.29. The Balaban J connectivity index is 1.79. The molecule has 0 bridgehead atoms. The van der Waals surface area contributed by atoms with E-state index in [4.69, 9.17) is 4.74 Å². The average molecular weight is 509 g/mol. The van der Waals surface area contributed by atoms with E-state index in [2.05, 4.69) is 0 Å². The molecule has 0 atom stereocenters. The zero-order valence-corrected chi connectivity index (χ0v) is 21.1. The quantitative estimate of drug-likeness (QED) is 0.258. The summed E-state index contributed by atoms with van der Waals surface area (Å²) in [7, 11) is -2.80. The number of rotatable bonds is 7. The van der Waals surface area contributed by atoms with Crippen LogP contribution < -0.4 is 4.31 Å². The Morgan fingerprint density at radius 2 is 1.63 bits per heavy atom. The number of benzene rings is 3. The summed E-state index contributed by atoms with van der Waals surface area (Å²) in [5.74, 6) is -1.09. The van der Waals surface area contributed by atoms with Crippen LogP contribution in [-0.2, 0) is 14.8 Å². The lowest BCUT2D eigenvalue weighted by molar-refractivity contribution is 0.0603. The maximum absolute atomic E-state index is 13.7. The SMILES string of the molecule is COC(=O)c1cn(C(=O)CN(c2ccc(C)cc2)S(=O)(=O)c2ccc(SC)cc2)c2ccccc12. The van der Waals surface area contributed by atoms with E-state index in [9.17, 15) is 18.0 Å². The summed E-state index contributed by atoms with van der Waals surface area (Å²) in [5, 5.41) is 0.546. The monoisotopic (exact) mass is 508 g/mol. The normalized spacial score (nSPS) is 11.4. The third-order valence-corrected chi connectivity index (χ3v) is 8.17. The van der Waals surface area contributed by atoms with Gasteiger partial charge in [0.25, 0.3) is 15.9 Å². The van der Waals surface area contributed by atoms with Crippen molar-refractivity contribution < 1.29 is 22.7 Å². The number of sulfonamides is 1. The van der Waals surface area contributed by atoms with Gasteiger partial charge in [0.2, 0.25) is 0 Å². The van der Waals surface area contributed by atoms with Gasteiger partial charge in [0.05, 0.1) is 28.8 Å². The molecule has 7 nitrogen and oxygen atoms in total. The third-order valence-electron chi connectivity index (χ3n) is 5.63. The van der Waals surface area contributed by atoms with Gasteiger partial charge in [-0.3, -0.25) is 13.7 Å². The number of hydrogen-bond donors (Lipinski definition) is 0. The van der Waals surface area contributed by atoms with Crippen molar-refractivity contribution >= 4 is 50.3 Å². The van der Waals surface area contributed by atoms with Crippen LogP contribution in [0.1, 0.15) is 20.7 Å². The molecule has 1 heterocycles. The summed E-state index contributed by atoms with van der Waals surface area (Å²) in [6, 6.07) is 20.4. The van der Waals surface area contributed by atoms with Crippen LogP contribution in [0.15, 0.2) is 88.8 Å². The van der Waals surface area contributed by atoms with Crippen LogP contribution in [0, 0.1) is 6.92 Å². The average Bonchev–Trinajstić information content (AvgIpc) is 3.27. The summed E-state index contributed by atoms with van der Waals surface area (Å²) >= 11 is 1.51. The number of anilines is 1. The Bertz CT molecular complexity index is 1490. The molecule has 1 aromatic heterocycles. The molecule has 0 amide bonds. The predicted molar refractivity (Wildman–Crippen MR) is 138 cm³/mol. The van der Waals surface area contributed by atoms with Crippen LogP contribution in [0.25, 0.3) is 10.9 Å². The zero-order chi connectivity index (χ0) is 25.2. The Morgan fingerprint density at radius 1 is 0.971 bits per heavy atom. The Hall–Kier alpha value is -3.56. The number of aryl methyl sites for hydroxylation is 1. The van der Waals surface area contributed by atoms with Gasteiger partial charge >= 0.3 is 5.97 Å². The van der Waals surface area contributed by atoms with E-state index in [0.29, 0.717) is 16.6 Å². The number of fused-ring (bicyclic) bond motifs is 1. The van der Waals surface area contributed by atoms with Gasteiger partial charge in [-0.2, -0.15) is 0 Å². The third kappa shape index (κ3) is 4.82. The van der Waals surface area contributed by atoms with E-state index >= 15 is 0 Å². The first kappa shape index (κ1) is 24.6. The van der Waals surface area contributed by atoms with Crippen molar-refractivity contribution in [1.29, 1.82) is 0 Å². The Kier molecular flexibility index (Phi) is 7.00. The minimum atomic E-state index is -4.06. The van der Waals surface area contributed by atoms with Gasteiger partial charge < -0.3 is 4.74 Å². The van der Waals surface area contributed by atoms with Crippen molar-refractivity contribution in [2.75, 3.05) is 24.2 Å². The largest absolute Gasteiger partial charge is 0.465 e. The molecule has 4 aromatic rings. The number of para-hydroxylation sites is 1. The zero-order valence-electron chi connectivity index (χ0n) is 19.5. The fourth-order valence-corrected chi connectivity index (χ4v) is 5.58. The first-order valence-electron chi connectivity index (χ1n) is 10.7. The molecule has 4 rings (SSSR count). The second kappa shape index (κ2) is 9.97. The molecule has 0 aliphatic heterocycles. The number of methoxy groups -OCH3 is 1. The molecule has 0 unspecified atom stereocenters. The second-order valence-corrected chi connectivity index (χ2v) is 10.6. The summed E-state index contributed by atoms with van der Waals surface area (Å²) in [4.78, 5) is 26.8. The number of ether oxygens (including phenoxy) is 1. The number of carbonyl (C=O) groups is 2. The van der Waals surface area contributed by atoms with Crippen molar-refractivity contribution in [2.45, 2.75) is 16.7 Å². The molecule has 0 spiro atoms. The van der Waals surface area contributed by atoms with Crippen LogP contribution in [0.2, 0.25) is 0 Å². The maximum Gasteiger partial charge on any atom is 0.340 e. The van der Waals surface area contributed by atoms with Gasteiger partial charge in [0.15, 0.2) is 0 Å². The first-order chi connectivity index (χ1) is 16.8. The minimum Gasteiger partial charge on any atom is -0.465 e. The number of hydrogen-bond acceptors (Lipinski definition) is 6. The van der Waals surface area contributed by atoms with Crippen LogP contribution in [-0.4, -0.2) is 44.8 Å². The molecule has 0 aliphatic rings. The predicted octanol–water partition coefficient (Wildman–Crippen LogP) is 4.99. The maximum atomic E-state index is 13.7. The second-order valence-electron chi connectivity index (χ2n) is 7.84. The topological polar surface area (TPSA) is 85.7 Å². The van der Waals surface area contributed by atoms with Crippen LogP contribution in [0.3, 0.4) is 0 Å². The molecule has 0 radical (unpaired) electrons. The highest BCUT2D eigenvalue weighted by atomic mass is 32.2. The van der Waals surface area contributed by atoms with Crippen molar-refractivity contribution in [3.63, 3.8) is 0 Å². The van der Waals surface area contributed by atoms with Crippen LogP contribution in [0.5, 0.6) is 0 Å². The van der Waals surface area contributed by atoms with E-state index in [1.807, 2.05) is 13.2 Å². The van der Waals surface area contributed by atoms with Gasteiger partial charge in [0, 0.05) is 16.5 Å². The van der Waals surface area contributed by atoms with E-state index in [1.165, 1.54) is 41.8 Å². The number of esters is 1. The molecule has 9 heteroatoms. The van der Waals surface area contributed by atoms with Gasteiger partial charge in [0.1, 0.15) is 6.54 Å². The van der Waals surface area contributed by atoms with Crippen molar-refractivity contribution in [3.05, 3.63) is 90.1 Å². The molecular weight excluding hydrogens is 484 g/mol. The lowest BCUT2D eigenvalue weighted by atomic mass is 10.2. The summed E-state index contributed by atoms with van der Waals surface area (Å²) in [5.41, 5.74) is 2.04. The van der Waals surface area contributed by atoms with Gasteiger partial charge in [-0.25, -0.2) is 13.2 Å². The number of aromatic nitrogens is 1. The van der Waals surface area contributed by atoms with Crippen LogP contribution >= 0.6 is 11.8 Å². The van der Waals surface area contributed by atoms with Crippen molar-refractivity contribution in [2.24, 2.45) is 0 Å². The fraction of sp³-hybridized carbons (Fsp3) is 0.154. The number of nitrogens with zero attached hydrogens (tertiary/aromatic N) is 2. The minimum absolute atomic E-state index is 0.0799. The molecule has 0 N–H and O–H groups in total. The lowest BCUT2D eigenvalue weighted by Crippen LogP contribution is -2.37. The molecule has 35 heavy (non-hydrogen) atoms. The van der Waals surface area contributed by atoms with Crippen LogP contribution in [0.4, 0.5) is 5.69 Å². The lowest BCUT2D eigenvalue weighted by Gasteiger charge is -2.24. The molecule has 0 fully saturated rings. The van der Waals surface area contributed by atoms with Crippen molar-refractivity contribution in [1.82, 2.24) is 4.57 Å². The smallest absolute Gasteiger partial charge is 0.340 e. The molecule has 0 aliphatic carbocycles. The molecule has 180 valence electrons. The number of carbonyl (C=O) groups excluding carboxylic acids is 2. The molecule has 3 aromatic carbocycles. The van der Waals surface area contributed by atoms with E-state index in [-0.39, 0.29) is 10.5 Å². The van der Waals surface area contributed by atoms with Gasteiger partial charge in [-0.05, 0) is 55.6 Å². The Morgan fingerprint density at radius 3 is 2.26 bits per heavy atom. The highest BCUT2D eigenvalue weighted by Crippen LogP contribution is 2.27. The van der Waals surface area contributed by atoms with Crippen molar-refractivity contribution in [3.8, 4) is 0 Å². The molecular formula is C26H24N2O5S2. The number of thioether (sulfide) groups is 1. The Labute approximate surface area is 208 Å². The molecule has 0 saturated carbocycles. The standard InChI is InChI=1S/C26H24N2O5S2/c1-18-8-10-19(11-9-18)28(35(31,32)21-14-12-20(34-3)13-15-21)17-25(29)27-16-23(26(30)33-2)22-6-4-5-7-24(22)27/h4-16H,17H2,1-3H3. The summed E-state index contributed by atoms with van der Waals surface area (Å²) in [6.07, 6.45) is 3.30. The highest BCUT2D eigenvalue weighted by molar-refractivity contribution is 7.98.